The van der Waals surface area contributed by atoms with E-state index in [2.05, 4.69) is 5.32 Å². The highest BCUT2D eigenvalue weighted by molar-refractivity contribution is 6.53. The minimum absolute atomic E-state index is 0.324. The summed E-state index contributed by atoms with van der Waals surface area (Å²) in [6.45, 7) is 1.32. The number of carbonyl (C=O) groups is 2. The molecule has 0 aliphatic heterocycles. The lowest BCUT2D eigenvalue weighted by Gasteiger charge is -2.22. The van der Waals surface area contributed by atoms with E-state index in [4.69, 9.17) is 27.9 Å². The molecule has 0 aromatic heterocycles. The summed E-state index contributed by atoms with van der Waals surface area (Å²) >= 11 is 10.8. The molecule has 0 aliphatic carbocycles. The van der Waals surface area contributed by atoms with Crippen molar-refractivity contribution in [2.45, 2.75) is 36.7 Å². The average Bonchev–Trinajstić information content (AvgIpc) is 2.59. The third kappa shape index (κ3) is 6.26. The average molecular weight is 380 g/mol. The Morgan fingerprint density at radius 3 is 2.42 bits per heavy atom. The summed E-state index contributed by atoms with van der Waals surface area (Å²) in [5.41, 5.74) is 0.660. The molecule has 2 atom stereocenters. The van der Waals surface area contributed by atoms with Crippen LogP contribution in [0, 0.1) is 0 Å². The van der Waals surface area contributed by atoms with Crippen LogP contribution in [-0.2, 0) is 9.53 Å². The number of amides is 1. The predicted octanol–water partition coefficient (Wildman–Crippen LogP) is 2.93. The Morgan fingerprint density at radius 2 is 1.92 bits per heavy atom. The highest BCUT2D eigenvalue weighted by Gasteiger charge is 2.25. The topological polar surface area (TPSA) is 75.6 Å². The van der Waals surface area contributed by atoms with Crippen LogP contribution in [0.15, 0.2) is 24.3 Å². The Kier molecular flexibility index (Phi) is 9.03. The van der Waals surface area contributed by atoms with Gasteiger partial charge in [-0.25, -0.2) is 9.18 Å². The minimum Gasteiger partial charge on any atom is -0.462 e. The van der Waals surface area contributed by atoms with Crippen molar-refractivity contribution in [3.8, 4) is 0 Å². The smallest absolute Gasteiger partial charge is 0.338 e. The molecule has 0 unspecified atom stereocenters. The number of aliphatic hydroxyl groups excluding tert-OH is 1. The van der Waals surface area contributed by atoms with Gasteiger partial charge in [0, 0.05) is 0 Å². The van der Waals surface area contributed by atoms with Gasteiger partial charge in [-0.1, -0.05) is 48.7 Å². The molecule has 2 N–H and O–H groups in total. The van der Waals surface area contributed by atoms with Gasteiger partial charge in [0.05, 0.1) is 18.2 Å². The molecule has 1 amide bonds. The number of benzene rings is 1. The van der Waals surface area contributed by atoms with Gasteiger partial charge in [-0.15, -0.1) is 0 Å². The second-order valence-electron chi connectivity index (χ2n) is 5.13. The molecule has 0 bridgehead atoms. The number of alkyl halides is 3. The lowest BCUT2D eigenvalue weighted by atomic mass is 10.0. The normalized spacial score (nSPS) is 13.4. The monoisotopic (exact) mass is 379 g/mol. The maximum atomic E-state index is 13.1. The molecule has 5 nitrogen and oxygen atoms in total. The van der Waals surface area contributed by atoms with Crippen LogP contribution in [0.4, 0.5) is 4.39 Å². The van der Waals surface area contributed by atoms with Crippen LogP contribution in [0.5, 0.6) is 0 Å². The van der Waals surface area contributed by atoms with Crippen LogP contribution < -0.4 is 5.32 Å². The number of hydrogen-bond donors (Lipinski definition) is 2. The van der Waals surface area contributed by atoms with Gasteiger partial charge in [-0.2, -0.15) is 0 Å². The quantitative estimate of drug-likeness (QED) is 0.393. The van der Waals surface area contributed by atoms with Crippen molar-refractivity contribution in [3.63, 3.8) is 0 Å². The largest absolute Gasteiger partial charge is 0.462 e. The molecule has 0 aliphatic rings. The summed E-state index contributed by atoms with van der Waals surface area (Å²) in [5, 5.41) is 12.4. The highest BCUT2D eigenvalue weighted by atomic mass is 35.5. The van der Waals surface area contributed by atoms with Crippen LogP contribution in [-0.4, -0.2) is 41.1 Å². The van der Waals surface area contributed by atoms with E-state index in [1.165, 1.54) is 24.3 Å². The number of aliphatic hydroxyl groups is 1. The van der Waals surface area contributed by atoms with Crippen LogP contribution in [0.3, 0.4) is 0 Å². The number of ether oxygens (including phenoxy) is 1. The predicted molar refractivity (Wildman–Crippen MR) is 90.0 cm³/mol. The molecule has 0 spiro atoms. The number of halogens is 3. The van der Waals surface area contributed by atoms with Gasteiger partial charge in [0.15, 0.2) is 4.84 Å². The number of hydrogen-bond acceptors (Lipinski definition) is 4. The fourth-order valence-corrected chi connectivity index (χ4v) is 2.01. The Morgan fingerprint density at radius 1 is 1.29 bits per heavy atom. The zero-order chi connectivity index (χ0) is 18.1. The lowest BCUT2D eigenvalue weighted by molar-refractivity contribution is -0.121. The third-order valence-corrected chi connectivity index (χ3v) is 3.69. The van der Waals surface area contributed by atoms with Crippen LogP contribution >= 0.6 is 23.2 Å². The van der Waals surface area contributed by atoms with Gasteiger partial charge < -0.3 is 15.2 Å². The first-order valence-corrected chi connectivity index (χ1v) is 8.37. The number of nitrogens with one attached hydrogen (secondary N) is 1. The molecular weight excluding hydrogens is 360 g/mol. The van der Waals surface area contributed by atoms with E-state index < -0.39 is 35.5 Å². The second kappa shape index (κ2) is 10.5. The van der Waals surface area contributed by atoms with Gasteiger partial charge in [0.2, 0.25) is 0 Å². The van der Waals surface area contributed by atoms with Gasteiger partial charge in [0.1, 0.15) is 12.8 Å². The van der Waals surface area contributed by atoms with E-state index in [0.717, 1.165) is 12.8 Å². The minimum atomic E-state index is -1.36. The third-order valence-electron chi connectivity index (χ3n) is 3.29. The van der Waals surface area contributed by atoms with E-state index in [1.54, 1.807) is 0 Å². The Labute approximate surface area is 150 Å². The van der Waals surface area contributed by atoms with Gasteiger partial charge >= 0.3 is 5.97 Å². The SMILES string of the molecule is CCCCOC(=O)c1ccc([C@@H](O)[C@@H](CF)NC(=O)C(Cl)Cl)cc1. The summed E-state index contributed by atoms with van der Waals surface area (Å²) in [5.74, 6) is -1.26. The van der Waals surface area contributed by atoms with E-state index >= 15 is 0 Å². The molecule has 0 saturated carbocycles. The first kappa shape index (κ1) is 20.7. The van der Waals surface area contributed by atoms with Gasteiger partial charge in [0.25, 0.3) is 5.91 Å². The van der Waals surface area contributed by atoms with Crippen LogP contribution in [0.25, 0.3) is 0 Å². The molecule has 134 valence electrons. The Hall–Kier alpha value is -1.37. The van der Waals surface area contributed by atoms with E-state index in [1.807, 2.05) is 6.92 Å². The molecule has 0 radical (unpaired) electrons. The Balaban J connectivity index is 2.72. The maximum Gasteiger partial charge on any atom is 0.338 e. The Bertz CT molecular complexity index is 539. The summed E-state index contributed by atoms with van der Waals surface area (Å²) in [7, 11) is 0. The van der Waals surface area contributed by atoms with Gasteiger partial charge in [-0.3, -0.25) is 4.79 Å². The van der Waals surface area contributed by atoms with Crippen molar-refractivity contribution >= 4 is 35.1 Å². The maximum absolute atomic E-state index is 13.1. The summed E-state index contributed by atoms with van der Waals surface area (Å²) in [6, 6.07) is 4.68. The van der Waals surface area contributed by atoms with E-state index in [0.29, 0.717) is 17.7 Å². The lowest BCUT2D eigenvalue weighted by Crippen LogP contribution is -2.43. The molecule has 0 fully saturated rings. The van der Waals surface area contributed by atoms with E-state index in [-0.39, 0.29) is 0 Å². The fourth-order valence-electron chi connectivity index (χ4n) is 1.89. The molecular formula is C16H20Cl2FNO4. The molecule has 0 saturated heterocycles. The number of rotatable bonds is 9. The highest BCUT2D eigenvalue weighted by Crippen LogP contribution is 2.19. The zero-order valence-electron chi connectivity index (χ0n) is 13.2. The van der Waals surface area contributed by atoms with Crippen LogP contribution in [0.2, 0.25) is 0 Å². The van der Waals surface area contributed by atoms with Crippen molar-refractivity contribution in [1.29, 1.82) is 0 Å². The van der Waals surface area contributed by atoms with Crippen molar-refractivity contribution in [2.24, 2.45) is 0 Å². The van der Waals surface area contributed by atoms with Gasteiger partial charge in [-0.05, 0) is 24.1 Å². The van der Waals surface area contributed by atoms with Crippen molar-refractivity contribution in [3.05, 3.63) is 35.4 Å². The number of carbonyl (C=O) groups excluding carboxylic acids is 2. The van der Waals surface area contributed by atoms with Crippen LogP contribution in [0.1, 0.15) is 41.8 Å². The molecule has 1 aromatic rings. The standard InChI is InChI=1S/C16H20Cl2FNO4/c1-2-3-8-24-16(23)11-6-4-10(5-7-11)13(21)12(9-19)20-15(22)14(17)18/h4-7,12-14,21H,2-3,8-9H2,1H3,(H,20,22)/t12-,13-/m1/s1. The molecule has 24 heavy (non-hydrogen) atoms. The molecule has 1 aromatic carbocycles. The molecule has 1 rings (SSSR count). The van der Waals surface area contributed by atoms with Crippen molar-refractivity contribution in [1.82, 2.24) is 5.32 Å². The first-order chi connectivity index (χ1) is 11.4. The number of unbranched alkanes of at least 4 members (excludes halogenated alkanes) is 1. The molecule has 8 heteroatoms. The second-order valence-corrected chi connectivity index (χ2v) is 6.22. The summed E-state index contributed by atoms with van der Waals surface area (Å²) in [4.78, 5) is 21.8. The van der Waals surface area contributed by atoms with Crippen molar-refractivity contribution in [2.75, 3.05) is 13.3 Å². The fraction of sp³-hybridized carbons (Fsp3) is 0.500. The van der Waals surface area contributed by atoms with Crippen molar-refractivity contribution < 1.29 is 23.8 Å². The van der Waals surface area contributed by atoms with E-state index in [9.17, 15) is 19.1 Å². The number of esters is 1. The zero-order valence-corrected chi connectivity index (χ0v) is 14.7. The first-order valence-electron chi connectivity index (χ1n) is 7.50. The molecule has 0 heterocycles. The summed E-state index contributed by atoms with van der Waals surface area (Å²) in [6.07, 6.45) is 0.388. The summed E-state index contributed by atoms with van der Waals surface area (Å²) < 4.78 is 18.1.